The van der Waals surface area contributed by atoms with Crippen LogP contribution in [0, 0.1) is 0 Å². The lowest BCUT2D eigenvalue weighted by atomic mass is 10.3. The van der Waals surface area contributed by atoms with Crippen LogP contribution in [0.4, 0.5) is 5.82 Å². The van der Waals surface area contributed by atoms with Gasteiger partial charge in [0.15, 0.2) is 0 Å². The second-order valence-electron chi connectivity index (χ2n) is 3.52. The molecule has 2 rings (SSSR count). The molecule has 0 aliphatic heterocycles. The molecule has 7 heteroatoms. The zero-order valence-corrected chi connectivity index (χ0v) is 10.2. The molecule has 18 heavy (non-hydrogen) atoms. The number of halogens is 1. The summed E-state index contributed by atoms with van der Waals surface area (Å²) in [7, 11) is 1.49. The Kier molecular flexibility index (Phi) is 3.12. The Hall–Kier alpha value is -2.21. The summed E-state index contributed by atoms with van der Waals surface area (Å²) in [6.07, 6.45) is 0. The summed E-state index contributed by atoms with van der Waals surface area (Å²) in [4.78, 5) is 24.9. The van der Waals surface area contributed by atoms with E-state index >= 15 is 0 Å². The van der Waals surface area contributed by atoms with Crippen LogP contribution in [0.25, 0.3) is 5.69 Å². The Balaban J connectivity index is 2.66. The van der Waals surface area contributed by atoms with E-state index in [0.717, 1.165) is 10.6 Å². The molecule has 0 unspecified atom stereocenters. The molecule has 0 bridgehead atoms. The molecule has 6 nitrogen and oxygen atoms in total. The second kappa shape index (κ2) is 4.58. The molecule has 0 spiro atoms. The molecule has 1 aromatic carbocycles. The lowest BCUT2D eigenvalue weighted by Gasteiger charge is -2.10. The van der Waals surface area contributed by atoms with Crippen LogP contribution in [0.15, 0.2) is 33.9 Å². The number of nitrogen functional groups attached to an aromatic ring is 1. The van der Waals surface area contributed by atoms with Gasteiger partial charge in [-0.15, -0.1) is 0 Å². The number of nitrogens with zero attached hydrogens (tertiary/aromatic N) is 1. The van der Waals surface area contributed by atoms with E-state index in [1.807, 2.05) is 0 Å². The highest BCUT2D eigenvalue weighted by Crippen LogP contribution is 2.26. The predicted molar refractivity (Wildman–Crippen MR) is 68.6 cm³/mol. The minimum Gasteiger partial charge on any atom is -0.495 e. The van der Waals surface area contributed by atoms with E-state index < -0.39 is 11.2 Å². The molecule has 0 aliphatic carbocycles. The molecular formula is C11H10ClN3O3. The Morgan fingerprint density at radius 1 is 1.33 bits per heavy atom. The van der Waals surface area contributed by atoms with E-state index in [1.165, 1.54) is 13.2 Å². The second-order valence-corrected chi connectivity index (χ2v) is 3.93. The van der Waals surface area contributed by atoms with Crippen molar-refractivity contribution in [1.82, 2.24) is 9.55 Å². The van der Waals surface area contributed by atoms with Crippen molar-refractivity contribution in [1.29, 1.82) is 0 Å². The van der Waals surface area contributed by atoms with Gasteiger partial charge < -0.3 is 10.5 Å². The normalized spacial score (nSPS) is 10.3. The summed E-state index contributed by atoms with van der Waals surface area (Å²) >= 11 is 5.96. The van der Waals surface area contributed by atoms with E-state index in [-0.39, 0.29) is 5.82 Å². The van der Waals surface area contributed by atoms with Crippen LogP contribution in [0.3, 0.4) is 0 Å². The lowest BCUT2D eigenvalue weighted by molar-refractivity contribution is 0.415. The Bertz CT molecular complexity index is 705. The van der Waals surface area contributed by atoms with Crippen LogP contribution in [0.1, 0.15) is 0 Å². The molecule has 0 aliphatic rings. The first-order valence-electron chi connectivity index (χ1n) is 4.98. The zero-order valence-electron chi connectivity index (χ0n) is 9.44. The smallest absolute Gasteiger partial charge is 0.334 e. The number of hydrogen-bond acceptors (Lipinski definition) is 4. The monoisotopic (exact) mass is 267 g/mol. The number of anilines is 1. The summed E-state index contributed by atoms with van der Waals surface area (Å²) in [6, 6.07) is 5.87. The van der Waals surface area contributed by atoms with Gasteiger partial charge in [0.25, 0.3) is 5.56 Å². The van der Waals surface area contributed by atoms with Crippen molar-refractivity contribution in [2.45, 2.75) is 0 Å². The molecule has 3 N–H and O–H groups in total. The predicted octanol–water partition coefficient (Wildman–Crippen LogP) is 0.770. The minimum absolute atomic E-state index is 0.0324. The number of nitrogens with two attached hydrogens (primary N) is 1. The molecule has 0 amide bonds. The minimum atomic E-state index is -0.624. The van der Waals surface area contributed by atoms with Crippen LogP contribution < -0.4 is 21.7 Å². The van der Waals surface area contributed by atoms with E-state index in [1.54, 1.807) is 12.1 Å². The van der Waals surface area contributed by atoms with Crippen molar-refractivity contribution in [3.63, 3.8) is 0 Å². The van der Waals surface area contributed by atoms with E-state index in [9.17, 15) is 9.59 Å². The maximum atomic E-state index is 11.7. The molecular weight excluding hydrogens is 258 g/mol. The van der Waals surface area contributed by atoms with Crippen LogP contribution >= 0.6 is 11.6 Å². The van der Waals surface area contributed by atoms with Crippen molar-refractivity contribution < 1.29 is 4.74 Å². The quantitative estimate of drug-likeness (QED) is 0.841. The number of aromatic amines is 1. The number of hydrogen-bond donors (Lipinski definition) is 2. The summed E-state index contributed by atoms with van der Waals surface area (Å²) in [5.41, 5.74) is 4.92. The fourth-order valence-electron chi connectivity index (χ4n) is 1.57. The van der Waals surface area contributed by atoms with Gasteiger partial charge >= 0.3 is 5.69 Å². The highest BCUT2D eigenvalue weighted by Gasteiger charge is 2.08. The van der Waals surface area contributed by atoms with Gasteiger partial charge in [-0.05, 0) is 18.2 Å². The molecule has 94 valence electrons. The molecule has 0 fully saturated rings. The Morgan fingerprint density at radius 3 is 2.61 bits per heavy atom. The average molecular weight is 268 g/mol. The first kappa shape index (κ1) is 12.3. The van der Waals surface area contributed by atoms with Gasteiger partial charge in [-0.25, -0.2) is 9.36 Å². The first-order chi connectivity index (χ1) is 8.52. The summed E-state index contributed by atoms with van der Waals surface area (Å²) in [6.45, 7) is 0. The van der Waals surface area contributed by atoms with Gasteiger partial charge in [0, 0.05) is 6.07 Å². The van der Waals surface area contributed by atoms with E-state index in [4.69, 9.17) is 22.1 Å². The average Bonchev–Trinajstić information content (AvgIpc) is 2.27. The highest BCUT2D eigenvalue weighted by atomic mass is 35.5. The molecule has 1 heterocycles. The number of H-pyrrole nitrogens is 1. The third-order valence-corrected chi connectivity index (χ3v) is 2.66. The summed E-state index contributed by atoms with van der Waals surface area (Å²) in [5.74, 6) is 0.515. The van der Waals surface area contributed by atoms with Crippen molar-refractivity contribution in [2.24, 2.45) is 0 Å². The maximum absolute atomic E-state index is 11.7. The molecule has 1 aromatic heterocycles. The van der Waals surface area contributed by atoms with Crippen molar-refractivity contribution >= 4 is 17.4 Å². The van der Waals surface area contributed by atoms with Gasteiger partial charge in [0.05, 0.1) is 17.8 Å². The van der Waals surface area contributed by atoms with Crippen LogP contribution in [0.5, 0.6) is 5.75 Å². The zero-order chi connectivity index (χ0) is 13.3. The first-order valence-corrected chi connectivity index (χ1v) is 5.36. The summed E-state index contributed by atoms with van der Waals surface area (Å²) in [5, 5.41) is 0.340. The SMILES string of the molecule is COc1ccc(-n2c(N)cc(=O)[nH]c2=O)cc1Cl. The van der Waals surface area contributed by atoms with Gasteiger partial charge in [-0.1, -0.05) is 11.6 Å². The standard InChI is InChI=1S/C11H10ClN3O3/c1-18-8-3-2-6(4-7(8)12)15-9(13)5-10(16)14-11(15)17/h2-5H,13H2,1H3,(H,14,16,17). The highest BCUT2D eigenvalue weighted by molar-refractivity contribution is 6.32. The molecule has 0 atom stereocenters. The Morgan fingerprint density at radius 2 is 2.06 bits per heavy atom. The number of ether oxygens (including phenoxy) is 1. The Labute approximate surface area is 107 Å². The van der Waals surface area contributed by atoms with Crippen molar-refractivity contribution in [3.8, 4) is 11.4 Å². The van der Waals surface area contributed by atoms with Gasteiger partial charge in [-0.3, -0.25) is 9.78 Å². The lowest BCUT2D eigenvalue weighted by Crippen LogP contribution is -2.30. The van der Waals surface area contributed by atoms with Gasteiger partial charge in [0.2, 0.25) is 0 Å². The van der Waals surface area contributed by atoms with E-state index in [0.29, 0.717) is 16.5 Å². The van der Waals surface area contributed by atoms with Crippen molar-refractivity contribution in [3.05, 3.63) is 50.1 Å². The molecule has 2 aromatic rings. The molecule has 0 saturated heterocycles. The maximum Gasteiger partial charge on any atom is 0.334 e. The van der Waals surface area contributed by atoms with Gasteiger partial charge in [-0.2, -0.15) is 0 Å². The number of nitrogens with one attached hydrogen (secondary N) is 1. The fourth-order valence-corrected chi connectivity index (χ4v) is 1.83. The van der Waals surface area contributed by atoms with E-state index in [2.05, 4.69) is 4.98 Å². The van der Waals surface area contributed by atoms with Crippen LogP contribution in [-0.4, -0.2) is 16.7 Å². The molecule has 0 saturated carbocycles. The number of benzene rings is 1. The number of aromatic nitrogens is 2. The largest absolute Gasteiger partial charge is 0.495 e. The third-order valence-electron chi connectivity index (χ3n) is 2.36. The third kappa shape index (κ3) is 2.10. The van der Waals surface area contributed by atoms with Gasteiger partial charge in [0.1, 0.15) is 11.6 Å². The topological polar surface area (TPSA) is 90.1 Å². The number of methoxy groups -OCH3 is 1. The van der Waals surface area contributed by atoms with Crippen LogP contribution in [-0.2, 0) is 0 Å². The van der Waals surface area contributed by atoms with Crippen LogP contribution in [0.2, 0.25) is 5.02 Å². The van der Waals surface area contributed by atoms with Crippen molar-refractivity contribution in [2.75, 3.05) is 12.8 Å². The fraction of sp³-hybridized carbons (Fsp3) is 0.0909. The number of rotatable bonds is 2. The molecule has 0 radical (unpaired) electrons. The summed E-state index contributed by atoms with van der Waals surface area (Å²) < 4.78 is 6.15.